The number of ether oxygens (including phenoxy) is 3. The molecule has 0 N–H and O–H groups in total. The number of piperidine rings is 1. The third-order valence-corrected chi connectivity index (χ3v) is 8.78. The van der Waals surface area contributed by atoms with Gasteiger partial charge >= 0.3 is 6.09 Å². The number of amides is 1. The molecular formula is C39H45N5O4. The number of rotatable bonds is 9. The van der Waals surface area contributed by atoms with E-state index in [0.717, 1.165) is 58.5 Å². The smallest absolute Gasteiger partial charge is 0.410 e. The molecule has 2 atom stereocenters. The first-order chi connectivity index (χ1) is 23.1. The van der Waals surface area contributed by atoms with Crippen LogP contribution in [0.1, 0.15) is 45.2 Å². The van der Waals surface area contributed by atoms with E-state index in [0.29, 0.717) is 25.0 Å². The predicted octanol–water partition coefficient (Wildman–Crippen LogP) is 7.88. The Bertz CT molecular complexity index is 1850. The monoisotopic (exact) mass is 647 g/mol. The average Bonchev–Trinajstić information content (AvgIpc) is 3.41. The van der Waals surface area contributed by atoms with Crippen molar-refractivity contribution >= 4 is 22.7 Å². The summed E-state index contributed by atoms with van der Waals surface area (Å²) in [5.41, 5.74) is 5.34. The fourth-order valence-corrected chi connectivity index (χ4v) is 6.31. The Kier molecular flexibility index (Phi) is 9.57. The van der Waals surface area contributed by atoms with Crippen molar-refractivity contribution in [3.05, 3.63) is 102 Å². The molecule has 0 saturated carbocycles. The van der Waals surface area contributed by atoms with Crippen molar-refractivity contribution in [1.29, 1.82) is 0 Å². The summed E-state index contributed by atoms with van der Waals surface area (Å²) in [6.45, 7) is 10.4. The van der Waals surface area contributed by atoms with Gasteiger partial charge in [-0.1, -0.05) is 67.6 Å². The Morgan fingerprint density at radius 2 is 1.58 bits per heavy atom. The zero-order valence-corrected chi connectivity index (χ0v) is 28.7. The van der Waals surface area contributed by atoms with E-state index in [-0.39, 0.29) is 18.1 Å². The number of aromatic nitrogens is 3. The van der Waals surface area contributed by atoms with E-state index in [1.165, 1.54) is 0 Å². The summed E-state index contributed by atoms with van der Waals surface area (Å²) in [7, 11) is 3.82. The van der Waals surface area contributed by atoms with Gasteiger partial charge in [-0.25, -0.2) is 4.79 Å². The minimum atomic E-state index is -0.518. The highest BCUT2D eigenvalue weighted by Crippen LogP contribution is 2.37. The lowest BCUT2D eigenvalue weighted by molar-refractivity contribution is 0.0151. The van der Waals surface area contributed by atoms with E-state index in [1.54, 1.807) is 4.90 Å². The van der Waals surface area contributed by atoms with E-state index in [1.807, 2.05) is 112 Å². The Morgan fingerprint density at radius 1 is 0.917 bits per heavy atom. The van der Waals surface area contributed by atoms with Crippen LogP contribution in [0.5, 0.6) is 11.8 Å². The lowest BCUT2D eigenvalue weighted by Gasteiger charge is -2.42. The number of hydrogen-bond donors (Lipinski definition) is 0. The molecule has 0 unspecified atom stereocenters. The van der Waals surface area contributed by atoms with Crippen molar-refractivity contribution in [1.82, 2.24) is 19.7 Å². The number of benzene rings is 3. The predicted molar refractivity (Wildman–Crippen MR) is 189 cm³/mol. The number of hydrogen-bond acceptors (Lipinski definition) is 7. The van der Waals surface area contributed by atoms with Crippen LogP contribution in [-0.2, 0) is 25.0 Å². The average molecular weight is 648 g/mol. The van der Waals surface area contributed by atoms with Crippen LogP contribution >= 0.6 is 0 Å². The SMILES string of the molecule is C[C@@H]1CN(c2ccc3c(-c4ccc(OCc5ccccc5)nc4OCc4ccccc4)nn(C)c3c2)CC[C@H]1N(C)C(=O)OC(C)(C)C. The molecule has 6 rings (SSSR count). The molecule has 9 nitrogen and oxygen atoms in total. The fraction of sp³-hybridized carbons (Fsp3) is 0.359. The number of anilines is 1. The maximum absolute atomic E-state index is 12.8. The van der Waals surface area contributed by atoms with Gasteiger partial charge in [-0.15, -0.1) is 0 Å². The molecule has 0 radical (unpaired) electrons. The highest BCUT2D eigenvalue weighted by Gasteiger charge is 2.33. The van der Waals surface area contributed by atoms with E-state index in [9.17, 15) is 4.79 Å². The zero-order chi connectivity index (χ0) is 33.8. The Labute approximate surface area is 283 Å². The van der Waals surface area contributed by atoms with Gasteiger partial charge in [0, 0.05) is 50.4 Å². The molecule has 1 amide bonds. The van der Waals surface area contributed by atoms with Crippen molar-refractivity contribution in [2.45, 2.75) is 59.0 Å². The molecule has 3 aromatic carbocycles. The van der Waals surface area contributed by atoms with Gasteiger partial charge in [0.25, 0.3) is 0 Å². The van der Waals surface area contributed by atoms with Crippen LogP contribution in [0.4, 0.5) is 10.5 Å². The molecule has 0 aliphatic carbocycles. The maximum atomic E-state index is 12.8. The summed E-state index contributed by atoms with van der Waals surface area (Å²) in [5, 5.41) is 5.98. The minimum absolute atomic E-state index is 0.115. The molecule has 0 spiro atoms. The normalized spacial score (nSPS) is 16.5. The molecule has 9 heteroatoms. The van der Waals surface area contributed by atoms with Crippen molar-refractivity contribution in [3.63, 3.8) is 0 Å². The van der Waals surface area contributed by atoms with Crippen LogP contribution in [0.15, 0.2) is 91.0 Å². The summed E-state index contributed by atoms with van der Waals surface area (Å²) < 4.78 is 20.0. The largest absolute Gasteiger partial charge is 0.473 e. The van der Waals surface area contributed by atoms with Gasteiger partial charge in [-0.2, -0.15) is 10.1 Å². The lowest BCUT2D eigenvalue weighted by atomic mass is 9.92. The summed E-state index contributed by atoms with van der Waals surface area (Å²) in [5.74, 6) is 1.23. The van der Waals surface area contributed by atoms with Crippen LogP contribution in [-0.4, -0.2) is 57.5 Å². The van der Waals surface area contributed by atoms with Crippen molar-refractivity contribution < 1.29 is 19.0 Å². The van der Waals surface area contributed by atoms with Gasteiger partial charge in [0.05, 0.1) is 11.1 Å². The second-order valence-corrected chi connectivity index (χ2v) is 13.6. The lowest BCUT2D eigenvalue weighted by Crippen LogP contribution is -2.51. The van der Waals surface area contributed by atoms with Gasteiger partial charge < -0.3 is 24.0 Å². The number of pyridine rings is 1. The summed E-state index contributed by atoms with van der Waals surface area (Å²) in [6.07, 6.45) is 0.590. The second-order valence-electron chi connectivity index (χ2n) is 13.6. The van der Waals surface area contributed by atoms with Gasteiger partial charge in [0.2, 0.25) is 11.8 Å². The Balaban J connectivity index is 1.24. The van der Waals surface area contributed by atoms with Crippen LogP contribution in [0.3, 0.4) is 0 Å². The van der Waals surface area contributed by atoms with Crippen LogP contribution in [0.25, 0.3) is 22.2 Å². The number of fused-ring (bicyclic) bond motifs is 1. The van der Waals surface area contributed by atoms with Gasteiger partial charge in [-0.05, 0) is 68.5 Å². The van der Waals surface area contributed by atoms with E-state index in [4.69, 9.17) is 24.3 Å². The highest BCUT2D eigenvalue weighted by molar-refractivity contribution is 5.96. The van der Waals surface area contributed by atoms with Crippen molar-refractivity contribution in [2.75, 3.05) is 25.0 Å². The summed E-state index contributed by atoms with van der Waals surface area (Å²) in [4.78, 5) is 21.7. The van der Waals surface area contributed by atoms with Crippen LogP contribution < -0.4 is 14.4 Å². The van der Waals surface area contributed by atoms with Gasteiger partial charge in [0.1, 0.15) is 24.5 Å². The standard InChI is InChI=1S/C39H45N5O4/c1-27-24-44(22-21-33(27)42(5)38(45)48-39(2,3)4)30-17-18-31-34(23-30)43(6)41-36(31)32-19-20-35(46-25-28-13-9-7-10-14-28)40-37(32)47-26-29-15-11-8-12-16-29/h7-20,23,27,33H,21-22,24-26H2,1-6H3/t27-,33-/m1/s1. The summed E-state index contributed by atoms with van der Waals surface area (Å²) in [6, 6.07) is 30.6. The van der Waals surface area contributed by atoms with E-state index in [2.05, 4.69) is 30.0 Å². The van der Waals surface area contributed by atoms with Crippen molar-refractivity contribution in [2.24, 2.45) is 13.0 Å². The fourth-order valence-electron chi connectivity index (χ4n) is 6.31. The van der Waals surface area contributed by atoms with E-state index >= 15 is 0 Å². The molecular weight excluding hydrogens is 602 g/mol. The maximum Gasteiger partial charge on any atom is 0.410 e. The van der Waals surface area contributed by atoms with Gasteiger partial charge in [0.15, 0.2) is 0 Å². The van der Waals surface area contributed by atoms with Gasteiger partial charge in [-0.3, -0.25) is 4.68 Å². The topological polar surface area (TPSA) is 82.0 Å². The first-order valence-corrected chi connectivity index (χ1v) is 16.6. The molecule has 250 valence electrons. The number of nitrogens with zero attached hydrogens (tertiary/aromatic N) is 5. The third-order valence-electron chi connectivity index (χ3n) is 8.78. The molecule has 2 aromatic heterocycles. The number of aryl methyl sites for hydroxylation is 1. The molecule has 48 heavy (non-hydrogen) atoms. The Morgan fingerprint density at radius 3 is 2.23 bits per heavy atom. The first-order valence-electron chi connectivity index (χ1n) is 16.6. The molecule has 3 heterocycles. The molecule has 1 aliphatic rings. The quantitative estimate of drug-likeness (QED) is 0.161. The zero-order valence-electron chi connectivity index (χ0n) is 28.7. The van der Waals surface area contributed by atoms with Crippen molar-refractivity contribution in [3.8, 4) is 23.0 Å². The number of carbonyl (C=O) groups excluding carboxylic acids is 1. The number of carbonyl (C=O) groups is 1. The molecule has 1 aliphatic heterocycles. The molecule has 1 saturated heterocycles. The first kappa shape index (κ1) is 32.9. The highest BCUT2D eigenvalue weighted by atomic mass is 16.6. The molecule has 1 fully saturated rings. The summed E-state index contributed by atoms with van der Waals surface area (Å²) >= 11 is 0. The second kappa shape index (κ2) is 14.0. The van der Waals surface area contributed by atoms with E-state index < -0.39 is 5.60 Å². The van der Waals surface area contributed by atoms with Crippen LogP contribution in [0.2, 0.25) is 0 Å². The Hall–Kier alpha value is -5.05. The third kappa shape index (κ3) is 7.56. The van der Waals surface area contributed by atoms with Crippen LogP contribution in [0, 0.1) is 5.92 Å². The molecule has 5 aromatic rings. The minimum Gasteiger partial charge on any atom is -0.473 e. The molecule has 0 bridgehead atoms.